The van der Waals surface area contributed by atoms with Gasteiger partial charge >= 0.3 is 0 Å². The third-order valence-corrected chi connectivity index (χ3v) is 8.77. The minimum absolute atomic E-state index is 0.241. The van der Waals surface area contributed by atoms with Crippen LogP contribution in [0.5, 0.6) is 0 Å². The second-order valence-electron chi connectivity index (χ2n) is 7.80. The van der Waals surface area contributed by atoms with Gasteiger partial charge in [0.1, 0.15) is 16.7 Å². The Kier molecular flexibility index (Phi) is 5.72. The summed E-state index contributed by atoms with van der Waals surface area (Å²) in [6, 6.07) is 8.05. The average molecular weight is 442 g/mol. The molecule has 0 radical (unpaired) electrons. The molecule has 1 aromatic heterocycles. The van der Waals surface area contributed by atoms with Gasteiger partial charge < -0.3 is 0 Å². The van der Waals surface area contributed by atoms with Gasteiger partial charge in [-0.2, -0.15) is 0 Å². The van der Waals surface area contributed by atoms with E-state index in [0.29, 0.717) is 5.92 Å². The molecule has 0 N–H and O–H groups in total. The fourth-order valence-corrected chi connectivity index (χ4v) is 7.37. The first-order valence-corrected chi connectivity index (χ1v) is 12.7. The van der Waals surface area contributed by atoms with E-state index in [1.807, 2.05) is 30.0 Å². The first-order valence-electron chi connectivity index (χ1n) is 10.4. The van der Waals surface area contributed by atoms with Crippen molar-refractivity contribution < 1.29 is 0 Å². The van der Waals surface area contributed by atoms with Crippen molar-refractivity contribution in [3.8, 4) is 0 Å². The highest BCUT2D eigenvalue weighted by Crippen LogP contribution is 2.56. The first-order chi connectivity index (χ1) is 14.3. The Morgan fingerprint density at radius 2 is 2.10 bits per heavy atom. The fourth-order valence-electron chi connectivity index (χ4n) is 4.56. The molecule has 2 aliphatic heterocycles. The number of aliphatic imine (C=N–C) groups is 1. The van der Waals surface area contributed by atoms with Gasteiger partial charge in [-0.1, -0.05) is 60.5 Å². The third kappa shape index (κ3) is 3.66. The zero-order valence-corrected chi connectivity index (χ0v) is 18.9. The van der Waals surface area contributed by atoms with Gasteiger partial charge in [0.05, 0.1) is 16.5 Å². The van der Waals surface area contributed by atoms with E-state index in [2.05, 4.69) is 18.0 Å². The SMILES string of the molecule is CCCCC1=N[C@H]2Sc3c(SCc4ccccc4Cl)ncnc3[C@@H]2C2=C1CCC2. The van der Waals surface area contributed by atoms with E-state index in [-0.39, 0.29) is 5.37 Å². The lowest BCUT2D eigenvalue weighted by Crippen LogP contribution is -2.21. The molecule has 0 unspecified atom stereocenters. The van der Waals surface area contributed by atoms with E-state index in [0.717, 1.165) is 27.8 Å². The zero-order valence-electron chi connectivity index (χ0n) is 16.5. The molecule has 0 spiro atoms. The molecule has 0 fully saturated rings. The van der Waals surface area contributed by atoms with E-state index >= 15 is 0 Å². The van der Waals surface area contributed by atoms with E-state index in [9.17, 15) is 0 Å². The largest absolute Gasteiger partial charge is 0.274 e. The van der Waals surface area contributed by atoms with Crippen LogP contribution in [0.1, 0.15) is 62.6 Å². The van der Waals surface area contributed by atoms with Crippen molar-refractivity contribution in [2.75, 3.05) is 0 Å². The Hall–Kier alpha value is -1.30. The molecule has 3 heterocycles. The Morgan fingerprint density at radius 1 is 1.21 bits per heavy atom. The summed E-state index contributed by atoms with van der Waals surface area (Å²) in [6.07, 6.45) is 8.96. The number of hydrogen-bond donors (Lipinski definition) is 0. The van der Waals surface area contributed by atoms with Gasteiger partial charge in [-0.15, -0.1) is 11.8 Å². The average Bonchev–Trinajstić information content (AvgIpc) is 3.36. The lowest BCUT2D eigenvalue weighted by Gasteiger charge is -2.26. The summed E-state index contributed by atoms with van der Waals surface area (Å²) >= 11 is 9.98. The molecular formula is C23H24ClN3S2. The lowest BCUT2D eigenvalue weighted by molar-refractivity contribution is 0.687. The van der Waals surface area contributed by atoms with Crippen molar-refractivity contribution in [3.05, 3.63) is 58.0 Å². The molecule has 5 rings (SSSR count). The van der Waals surface area contributed by atoms with E-state index < -0.39 is 0 Å². The maximum absolute atomic E-state index is 6.35. The first kappa shape index (κ1) is 19.7. The van der Waals surface area contributed by atoms with Gasteiger partial charge in [0, 0.05) is 16.5 Å². The molecule has 0 bridgehead atoms. The molecule has 1 aliphatic carbocycles. The van der Waals surface area contributed by atoms with Crippen molar-refractivity contribution >= 4 is 40.8 Å². The quantitative estimate of drug-likeness (QED) is 0.355. The molecule has 3 nitrogen and oxygen atoms in total. The molecule has 6 heteroatoms. The van der Waals surface area contributed by atoms with Crippen LogP contribution >= 0.6 is 35.1 Å². The summed E-state index contributed by atoms with van der Waals surface area (Å²) in [5.74, 6) is 1.17. The van der Waals surface area contributed by atoms with Crippen LogP contribution in [0.25, 0.3) is 0 Å². The molecular weight excluding hydrogens is 418 g/mol. The number of hydrogen-bond acceptors (Lipinski definition) is 5. The Balaban J connectivity index is 1.44. The number of unbranched alkanes of at least 4 members (excludes halogenated alkanes) is 1. The summed E-state index contributed by atoms with van der Waals surface area (Å²) in [5, 5.41) is 2.13. The molecule has 2 atom stereocenters. The summed E-state index contributed by atoms with van der Waals surface area (Å²) in [4.78, 5) is 15.9. The van der Waals surface area contributed by atoms with Crippen molar-refractivity contribution in [3.63, 3.8) is 0 Å². The van der Waals surface area contributed by atoms with Crippen molar-refractivity contribution in [1.82, 2.24) is 9.97 Å². The molecule has 29 heavy (non-hydrogen) atoms. The highest BCUT2D eigenvalue weighted by molar-refractivity contribution is 8.02. The minimum Gasteiger partial charge on any atom is -0.274 e. The number of dihydropyridines is 1. The molecule has 0 saturated carbocycles. The summed E-state index contributed by atoms with van der Waals surface area (Å²) in [6.45, 7) is 2.26. The smallest absolute Gasteiger partial charge is 0.117 e. The topological polar surface area (TPSA) is 38.1 Å². The molecule has 2 aromatic rings. The normalized spacial score (nSPS) is 22.3. The maximum atomic E-state index is 6.35. The van der Waals surface area contributed by atoms with Gasteiger partial charge in [0.15, 0.2) is 0 Å². The number of fused-ring (bicyclic) bond motifs is 4. The van der Waals surface area contributed by atoms with Crippen LogP contribution in [0.4, 0.5) is 0 Å². The zero-order chi connectivity index (χ0) is 19.8. The number of halogens is 1. The fraction of sp³-hybridized carbons (Fsp3) is 0.435. The van der Waals surface area contributed by atoms with Gasteiger partial charge in [-0.3, -0.25) is 4.99 Å². The number of nitrogens with zero attached hydrogens (tertiary/aromatic N) is 3. The standard InChI is InChI=1S/C23H24ClN3S2/c1-2-3-11-18-15-8-6-9-16(15)19-20-21(29-22(19)27-18)23(26-13-25-20)28-12-14-7-4-5-10-17(14)24/h4-5,7,10,13,19,22H,2-3,6,8-9,11-12H2,1H3/t19-,22-/m0/s1. The van der Waals surface area contributed by atoms with E-state index in [4.69, 9.17) is 21.6 Å². The Bertz CT molecular complexity index is 1000. The van der Waals surface area contributed by atoms with Crippen molar-refractivity contribution in [2.45, 2.75) is 72.4 Å². The monoisotopic (exact) mass is 441 g/mol. The van der Waals surface area contributed by atoms with Gasteiger partial charge in [-0.05, 0) is 49.3 Å². The van der Waals surface area contributed by atoms with Crippen LogP contribution < -0.4 is 0 Å². The molecule has 1 aromatic carbocycles. The van der Waals surface area contributed by atoms with Crippen LogP contribution in [-0.2, 0) is 5.75 Å². The van der Waals surface area contributed by atoms with Crippen LogP contribution in [0.2, 0.25) is 5.02 Å². The van der Waals surface area contributed by atoms with Crippen LogP contribution in [0.3, 0.4) is 0 Å². The lowest BCUT2D eigenvalue weighted by atomic mass is 9.87. The van der Waals surface area contributed by atoms with Gasteiger partial charge in [0.25, 0.3) is 0 Å². The number of benzene rings is 1. The number of rotatable bonds is 6. The highest BCUT2D eigenvalue weighted by Gasteiger charge is 2.44. The minimum atomic E-state index is 0.241. The van der Waals surface area contributed by atoms with Crippen LogP contribution in [-0.4, -0.2) is 21.1 Å². The number of allylic oxidation sites excluding steroid dienone is 1. The second-order valence-corrected chi connectivity index (χ2v) is 10.3. The summed E-state index contributed by atoms with van der Waals surface area (Å²) in [5.41, 5.74) is 6.89. The van der Waals surface area contributed by atoms with Crippen LogP contribution in [0, 0.1) is 0 Å². The second kappa shape index (κ2) is 8.44. The maximum Gasteiger partial charge on any atom is 0.117 e. The third-order valence-electron chi connectivity index (χ3n) is 5.97. The van der Waals surface area contributed by atoms with Crippen molar-refractivity contribution in [2.24, 2.45) is 4.99 Å². The predicted molar refractivity (Wildman–Crippen MR) is 123 cm³/mol. The van der Waals surface area contributed by atoms with E-state index in [1.165, 1.54) is 48.4 Å². The van der Waals surface area contributed by atoms with Crippen molar-refractivity contribution in [1.29, 1.82) is 0 Å². The van der Waals surface area contributed by atoms with E-state index in [1.54, 1.807) is 29.2 Å². The van der Waals surface area contributed by atoms with Gasteiger partial charge in [0.2, 0.25) is 0 Å². The molecule has 0 amide bonds. The predicted octanol–water partition coefficient (Wildman–Crippen LogP) is 7.06. The Morgan fingerprint density at radius 3 is 2.97 bits per heavy atom. The van der Waals surface area contributed by atoms with Gasteiger partial charge in [-0.25, -0.2) is 9.97 Å². The number of thioether (sulfide) groups is 2. The summed E-state index contributed by atoms with van der Waals surface area (Å²) < 4.78 is 0. The molecule has 3 aliphatic rings. The molecule has 0 saturated heterocycles. The van der Waals surface area contributed by atoms with Crippen LogP contribution in [0.15, 0.2) is 56.7 Å². The summed E-state index contributed by atoms with van der Waals surface area (Å²) in [7, 11) is 0. The molecule has 150 valence electrons. The highest BCUT2D eigenvalue weighted by atomic mass is 35.5. The number of aromatic nitrogens is 2. The Labute approximate surface area is 185 Å².